The van der Waals surface area contributed by atoms with Crippen molar-refractivity contribution in [1.29, 1.82) is 0 Å². The van der Waals surface area contributed by atoms with Gasteiger partial charge in [-0.3, -0.25) is 14.5 Å². The number of halogens is 1. The van der Waals surface area contributed by atoms with Crippen LogP contribution in [0.1, 0.15) is 24.8 Å². The van der Waals surface area contributed by atoms with Gasteiger partial charge in [-0.2, -0.15) is 0 Å². The molecule has 1 aromatic carbocycles. The van der Waals surface area contributed by atoms with Gasteiger partial charge in [-0.05, 0) is 30.5 Å². The van der Waals surface area contributed by atoms with Crippen LogP contribution in [0.25, 0.3) is 6.08 Å². The number of carboxylic acid groups (broad SMARTS) is 1. The molecular weight excluding hydrogens is 311 g/mol. The summed E-state index contributed by atoms with van der Waals surface area (Å²) in [4.78, 5) is 25.3. The maximum atomic E-state index is 12.9. The summed E-state index contributed by atoms with van der Waals surface area (Å²) < 4.78 is 12.9. The van der Waals surface area contributed by atoms with Crippen molar-refractivity contribution in [2.75, 3.05) is 19.6 Å². The van der Waals surface area contributed by atoms with Crippen molar-refractivity contribution in [1.82, 2.24) is 10.2 Å². The van der Waals surface area contributed by atoms with Gasteiger partial charge in [0.25, 0.3) is 0 Å². The fourth-order valence-corrected chi connectivity index (χ4v) is 3.64. The molecule has 0 aromatic heterocycles. The van der Waals surface area contributed by atoms with Crippen molar-refractivity contribution < 1.29 is 19.1 Å². The van der Waals surface area contributed by atoms with E-state index >= 15 is 0 Å². The van der Waals surface area contributed by atoms with Crippen LogP contribution in [0.3, 0.4) is 0 Å². The van der Waals surface area contributed by atoms with Crippen LogP contribution in [0.15, 0.2) is 30.3 Å². The van der Waals surface area contributed by atoms with Crippen molar-refractivity contribution in [3.05, 3.63) is 41.7 Å². The summed E-state index contributed by atoms with van der Waals surface area (Å²) in [5, 5.41) is 12.3. The molecule has 3 rings (SSSR count). The highest BCUT2D eigenvalue weighted by atomic mass is 19.1. The average molecular weight is 332 g/mol. The Bertz CT molecular complexity index is 649. The van der Waals surface area contributed by atoms with E-state index in [-0.39, 0.29) is 18.1 Å². The Morgan fingerprint density at radius 3 is 2.62 bits per heavy atom. The van der Waals surface area contributed by atoms with E-state index < -0.39 is 17.4 Å². The highest BCUT2D eigenvalue weighted by Gasteiger charge is 2.51. The van der Waals surface area contributed by atoms with Crippen molar-refractivity contribution >= 4 is 18.0 Å². The lowest BCUT2D eigenvalue weighted by Gasteiger charge is -2.41. The standard InChI is InChI=1S/C18H21FN2O3/c19-14-5-3-13(4-6-14)2-1-9-21-10-7-18(8-11-21)15(17(23)24)12-16(22)20-18/h1-6,15H,7-12H2,(H,20,22)(H,23,24)/b2-1+/t15-/m1/s1. The molecule has 0 bridgehead atoms. The molecule has 0 aliphatic carbocycles. The highest BCUT2D eigenvalue weighted by molar-refractivity contribution is 5.88. The van der Waals surface area contributed by atoms with Gasteiger partial charge >= 0.3 is 5.97 Å². The minimum absolute atomic E-state index is 0.0831. The molecule has 2 aliphatic rings. The van der Waals surface area contributed by atoms with Crippen LogP contribution >= 0.6 is 0 Å². The van der Waals surface area contributed by atoms with Gasteiger partial charge < -0.3 is 10.4 Å². The third kappa shape index (κ3) is 3.48. The largest absolute Gasteiger partial charge is 0.481 e. The van der Waals surface area contributed by atoms with Gasteiger partial charge in [-0.15, -0.1) is 0 Å². The first-order valence-corrected chi connectivity index (χ1v) is 8.17. The van der Waals surface area contributed by atoms with Crippen LogP contribution in [0.4, 0.5) is 4.39 Å². The van der Waals surface area contributed by atoms with Gasteiger partial charge in [0.1, 0.15) is 5.82 Å². The Hall–Kier alpha value is -2.21. The molecule has 2 aliphatic heterocycles. The Morgan fingerprint density at radius 1 is 1.33 bits per heavy atom. The molecule has 0 saturated carbocycles. The molecule has 1 atom stereocenters. The number of benzene rings is 1. The highest BCUT2D eigenvalue weighted by Crippen LogP contribution is 2.36. The third-order valence-electron chi connectivity index (χ3n) is 5.04. The van der Waals surface area contributed by atoms with Crippen molar-refractivity contribution in [3.63, 3.8) is 0 Å². The van der Waals surface area contributed by atoms with Gasteiger partial charge in [-0.25, -0.2) is 4.39 Å². The first kappa shape index (κ1) is 16.6. The monoisotopic (exact) mass is 332 g/mol. The Morgan fingerprint density at radius 2 is 2.00 bits per heavy atom. The maximum absolute atomic E-state index is 12.9. The number of piperidine rings is 1. The molecular formula is C18H21FN2O3. The van der Waals surface area contributed by atoms with E-state index in [2.05, 4.69) is 10.2 Å². The normalized spacial score (nSPS) is 23.7. The van der Waals surface area contributed by atoms with Gasteiger partial charge in [0.2, 0.25) is 5.91 Å². The smallest absolute Gasteiger partial charge is 0.309 e. The number of hydrogen-bond acceptors (Lipinski definition) is 3. The number of rotatable bonds is 4. The molecule has 5 nitrogen and oxygen atoms in total. The summed E-state index contributed by atoms with van der Waals surface area (Å²) in [6, 6.07) is 6.31. The zero-order valence-corrected chi connectivity index (χ0v) is 13.4. The van der Waals surface area contributed by atoms with Crippen molar-refractivity contribution in [2.24, 2.45) is 5.92 Å². The lowest BCUT2D eigenvalue weighted by atomic mass is 9.78. The van der Waals surface area contributed by atoms with E-state index in [1.165, 1.54) is 12.1 Å². The molecule has 1 spiro atoms. The summed E-state index contributed by atoms with van der Waals surface area (Å²) in [6.07, 6.45) is 5.36. The molecule has 0 unspecified atom stereocenters. The zero-order chi connectivity index (χ0) is 17.2. The molecule has 128 valence electrons. The second-order valence-corrected chi connectivity index (χ2v) is 6.55. The fraction of sp³-hybridized carbons (Fsp3) is 0.444. The van der Waals surface area contributed by atoms with Crippen molar-refractivity contribution in [3.8, 4) is 0 Å². The number of carbonyl (C=O) groups is 2. The van der Waals surface area contributed by atoms with Crippen LogP contribution in [0.2, 0.25) is 0 Å². The number of nitrogens with zero attached hydrogens (tertiary/aromatic N) is 1. The quantitative estimate of drug-likeness (QED) is 0.883. The van der Waals surface area contributed by atoms with E-state index in [9.17, 15) is 19.1 Å². The lowest BCUT2D eigenvalue weighted by Crippen LogP contribution is -2.55. The topological polar surface area (TPSA) is 69.6 Å². The number of carboxylic acids is 1. The third-order valence-corrected chi connectivity index (χ3v) is 5.04. The molecule has 2 saturated heterocycles. The first-order chi connectivity index (χ1) is 11.5. The van der Waals surface area contributed by atoms with Crippen LogP contribution in [-0.4, -0.2) is 47.1 Å². The summed E-state index contributed by atoms with van der Waals surface area (Å²) in [5.74, 6) is -1.92. The number of nitrogens with one attached hydrogen (secondary N) is 1. The summed E-state index contributed by atoms with van der Waals surface area (Å²) >= 11 is 0. The van der Waals surface area contributed by atoms with Crippen LogP contribution in [0, 0.1) is 11.7 Å². The molecule has 1 aromatic rings. The predicted molar refractivity (Wildman–Crippen MR) is 87.7 cm³/mol. The number of carbonyl (C=O) groups excluding carboxylic acids is 1. The van der Waals surface area contributed by atoms with E-state index in [1.54, 1.807) is 12.1 Å². The second kappa shape index (κ2) is 6.73. The van der Waals surface area contributed by atoms with E-state index in [4.69, 9.17) is 0 Å². The Labute approximate surface area is 140 Å². The number of aliphatic carboxylic acids is 1. The van der Waals surface area contributed by atoms with Gasteiger partial charge in [0.15, 0.2) is 0 Å². The number of likely N-dealkylation sites (tertiary alicyclic amines) is 1. The van der Waals surface area contributed by atoms with E-state index in [1.807, 2.05) is 12.2 Å². The number of amides is 1. The molecule has 2 N–H and O–H groups in total. The van der Waals surface area contributed by atoms with Crippen LogP contribution in [0.5, 0.6) is 0 Å². The summed E-state index contributed by atoms with van der Waals surface area (Å²) in [6.45, 7) is 2.24. The number of hydrogen-bond donors (Lipinski definition) is 2. The Kier molecular flexibility index (Phi) is 4.66. The predicted octanol–water partition coefficient (Wildman–Crippen LogP) is 1.89. The molecule has 2 fully saturated rings. The average Bonchev–Trinajstić information content (AvgIpc) is 2.88. The van der Waals surface area contributed by atoms with E-state index in [0.29, 0.717) is 12.8 Å². The molecule has 0 radical (unpaired) electrons. The SMILES string of the molecule is O=C1C[C@H](C(=O)O)C2(CCN(C/C=C/c3ccc(F)cc3)CC2)N1. The maximum Gasteiger partial charge on any atom is 0.309 e. The molecule has 24 heavy (non-hydrogen) atoms. The van der Waals surface area contributed by atoms with Gasteiger partial charge in [-0.1, -0.05) is 24.3 Å². The first-order valence-electron chi connectivity index (χ1n) is 8.17. The zero-order valence-electron chi connectivity index (χ0n) is 13.4. The summed E-state index contributed by atoms with van der Waals surface area (Å²) in [7, 11) is 0. The molecule has 6 heteroatoms. The minimum Gasteiger partial charge on any atom is -0.481 e. The Balaban J connectivity index is 1.54. The van der Waals surface area contributed by atoms with E-state index in [0.717, 1.165) is 25.2 Å². The lowest BCUT2D eigenvalue weighted by molar-refractivity contribution is -0.144. The van der Waals surface area contributed by atoms with Gasteiger partial charge in [0.05, 0.1) is 11.5 Å². The fourth-order valence-electron chi connectivity index (χ4n) is 3.64. The second-order valence-electron chi connectivity index (χ2n) is 6.55. The molecule has 1 amide bonds. The van der Waals surface area contributed by atoms with Gasteiger partial charge in [0, 0.05) is 26.1 Å². The minimum atomic E-state index is -0.891. The summed E-state index contributed by atoms with van der Waals surface area (Å²) in [5.41, 5.74) is 0.360. The van der Waals surface area contributed by atoms with Crippen molar-refractivity contribution in [2.45, 2.75) is 24.8 Å². The van der Waals surface area contributed by atoms with Crippen LogP contribution < -0.4 is 5.32 Å². The van der Waals surface area contributed by atoms with Crippen LogP contribution in [-0.2, 0) is 9.59 Å². The molecule has 2 heterocycles.